The Labute approximate surface area is 140 Å². The number of nitrogens with zero attached hydrogens (tertiary/aromatic N) is 1. The molecule has 1 N–H and O–H groups in total. The van der Waals surface area contributed by atoms with Gasteiger partial charge in [0, 0.05) is 24.5 Å². The van der Waals surface area contributed by atoms with E-state index in [0.717, 1.165) is 18.4 Å². The van der Waals surface area contributed by atoms with Gasteiger partial charge >= 0.3 is 0 Å². The first-order valence-electron chi connectivity index (χ1n) is 7.90. The van der Waals surface area contributed by atoms with Crippen LogP contribution in [0.4, 0.5) is 0 Å². The summed E-state index contributed by atoms with van der Waals surface area (Å²) >= 11 is 5.86. The molecular formula is C17H19ClN2O3. The number of carbonyl (C=O) groups is 3. The first-order valence-corrected chi connectivity index (χ1v) is 8.28. The normalized spacial score (nSPS) is 20.7. The number of nitrogens with one attached hydrogen (secondary N) is 1. The monoisotopic (exact) mass is 334 g/mol. The third-order valence-electron chi connectivity index (χ3n) is 4.37. The van der Waals surface area contributed by atoms with Crippen LogP contribution in [-0.2, 0) is 20.9 Å². The zero-order valence-corrected chi connectivity index (χ0v) is 13.5. The number of halogens is 1. The summed E-state index contributed by atoms with van der Waals surface area (Å²) in [6.45, 7) is 0.880. The number of carbonyl (C=O) groups excluding carboxylic acids is 3. The molecule has 1 atom stereocenters. The van der Waals surface area contributed by atoms with E-state index in [1.54, 1.807) is 12.1 Å². The molecule has 0 spiro atoms. The zero-order valence-electron chi connectivity index (χ0n) is 12.8. The average molecular weight is 335 g/mol. The molecule has 1 saturated carbocycles. The largest absolute Gasteiger partial charge is 0.349 e. The highest BCUT2D eigenvalue weighted by atomic mass is 35.5. The second-order valence-electron chi connectivity index (χ2n) is 6.22. The quantitative estimate of drug-likeness (QED) is 0.808. The van der Waals surface area contributed by atoms with Gasteiger partial charge in [-0.3, -0.25) is 14.4 Å². The molecular weight excluding hydrogens is 316 g/mol. The van der Waals surface area contributed by atoms with Crippen molar-refractivity contribution in [1.82, 2.24) is 10.2 Å². The van der Waals surface area contributed by atoms with Gasteiger partial charge in [-0.15, -0.1) is 0 Å². The molecule has 1 aromatic carbocycles. The minimum atomic E-state index is -0.655. The first-order chi connectivity index (χ1) is 11.0. The lowest BCUT2D eigenvalue weighted by Crippen LogP contribution is -2.45. The maximum absolute atomic E-state index is 12.4. The molecule has 0 aromatic heterocycles. The van der Waals surface area contributed by atoms with E-state index in [4.69, 9.17) is 11.6 Å². The van der Waals surface area contributed by atoms with Crippen LogP contribution in [-0.4, -0.2) is 35.1 Å². The van der Waals surface area contributed by atoms with Crippen molar-refractivity contribution in [2.24, 2.45) is 5.92 Å². The van der Waals surface area contributed by atoms with Crippen molar-refractivity contribution in [3.8, 4) is 0 Å². The molecule has 1 saturated heterocycles. The van der Waals surface area contributed by atoms with Crippen LogP contribution in [0.25, 0.3) is 0 Å². The molecule has 5 nitrogen and oxygen atoms in total. The zero-order chi connectivity index (χ0) is 16.4. The van der Waals surface area contributed by atoms with Gasteiger partial charge in [-0.05, 0) is 42.9 Å². The Balaban J connectivity index is 1.64. The van der Waals surface area contributed by atoms with Gasteiger partial charge in [-0.2, -0.15) is 0 Å². The van der Waals surface area contributed by atoms with E-state index in [1.807, 2.05) is 12.1 Å². The van der Waals surface area contributed by atoms with Crippen molar-refractivity contribution in [2.75, 3.05) is 6.54 Å². The molecule has 2 fully saturated rings. The van der Waals surface area contributed by atoms with E-state index in [1.165, 1.54) is 4.90 Å². The van der Waals surface area contributed by atoms with E-state index in [0.29, 0.717) is 36.9 Å². The summed E-state index contributed by atoms with van der Waals surface area (Å²) in [4.78, 5) is 37.9. The molecule has 1 aliphatic heterocycles. The third-order valence-corrected chi connectivity index (χ3v) is 4.62. The van der Waals surface area contributed by atoms with Crippen molar-refractivity contribution in [1.29, 1.82) is 0 Å². The van der Waals surface area contributed by atoms with Crippen LogP contribution in [0, 0.1) is 5.92 Å². The van der Waals surface area contributed by atoms with Crippen LogP contribution < -0.4 is 5.32 Å². The van der Waals surface area contributed by atoms with Crippen molar-refractivity contribution in [2.45, 2.75) is 38.3 Å². The number of hydrogen-bond donors (Lipinski definition) is 1. The summed E-state index contributed by atoms with van der Waals surface area (Å²) in [6, 6.07) is 6.48. The summed E-state index contributed by atoms with van der Waals surface area (Å²) in [5, 5.41) is 3.30. The van der Waals surface area contributed by atoms with E-state index in [9.17, 15) is 14.4 Å². The lowest BCUT2D eigenvalue weighted by atomic mass is 10.1. The van der Waals surface area contributed by atoms with Crippen LogP contribution in [0.1, 0.15) is 31.2 Å². The fourth-order valence-corrected chi connectivity index (χ4v) is 2.91. The molecule has 1 heterocycles. The average Bonchev–Trinajstić information content (AvgIpc) is 3.31. The molecule has 1 aliphatic carbocycles. The van der Waals surface area contributed by atoms with Gasteiger partial charge < -0.3 is 10.2 Å². The maximum Gasteiger partial charge on any atom is 0.289 e. The summed E-state index contributed by atoms with van der Waals surface area (Å²) in [5.41, 5.74) is 0.890. The predicted octanol–water partition coefficient (Wildman–Crippen LogP) is 1.93. The predicted molar refractivity (Wildman–Crippen MR) is 85.8 cm³/mol. The Morgan fingerprint density at radius 1 is 1.17 bits per heavy atom. The Hall–Kier alpha value is -1.88. The Kier molecular flexibility index (Phi) is 4.66. The molecule has 3 rings (SSSR count). The molecule has 6 heteroatoms. The molecule has 2 amide bonds. The Morgan fingerprint density at radius 3 is 2.52 bits per heavy atom. The van der Waals surface area contributed by atoms with Gasteiger partial charge in [0.2, 0.25) is 11.7 Å². The number of ketones is 1. The summed E-state index contributed by atoms with van der Waals surface area (Å²) in [5.74, 6) is -0.654. The molecule has 2 aliphatic rings. The number of amides is 2. The van der Waals surface area contributed by atoms with E-state index >= 15 is 0 Å². The minimum Gasteiger partial charge on any atom is -0.349 e. The minimum absolute atomic E-state index is 0.0895. The Bertz CT molecular complexity index is 625. The Morgan fingerprint density at radius 2 is 1.87 bits per heavy atom. The highest BCUT2D eigenvalue weighted by Gasteiger charge is 2.39. The highest BCUT2D eigenvalue weighted by Crippen LogP contribution is 2.28. The van der Waals surface area contributed by atoms with Crippen LogP contribution in [0.15, 0.2) is 24.3 Å². The molecule has 23 heavy (non-hydrogen) atoms. The standard InChI is InChI=1S/C17H19ClN2O3/c18-13-5-3-12(4-6-13)10-20-14(7-8-15(20)21)16(22)17(23)19-9-11-1-2-11/h3-6,11,14H,1-2,7-10H2,(H,19,23). The lowest BCUT2D eigenvalue weighted by molar-refractivity contribution is -0.143. The first kappa shape index (κ1) is 16.0. The van der Waals surface area contributed by atoms with Crippen molar-refractivity contribution < 1.29 is 14.4 Å². The van der Waals surface area contributed by atoms with Gasteiger partial charge in [-0.25, -0.2) is 0 Å². The van der Waals surface area contributed by atoms with Gasteiger partial charge in [-0.1, -0.05) is 23.7 Å². The van der Waals surface area contributed by atoms with E-state index in [-0.39, 0.29) is 5.91 Å². The number of likely N-dealkylation sites (tertiary alicyclic amines) is 1. The van der Waals surface area contributed by atoms with Crippen LogP contribution >= 0.6 is 11.6 Å². The van der Waals surface area contributed by atoms with Crippen molar-refractivity contribution in [3.63, 3.8) is 0 Å². The van der Waals surface area contributed by atoms with Gasteiger partial charge in [0.25, 0.3) is 5.91 Å². The molecule has 0 radical (unpaired) electrons. The van der Waals surface area contributed by atoms with Crippen molar-refractivity contribution in [3.05, 3.63) is 34.9 Å². The number of Topliss-reactive ketones (excluding diaryl/α,β-unsaturated/α-hetero) is 1. The van der Waals surface area contributed by atoms with Crippen molar-refractivity contribution >= 4 is 29.2 Å². The van der Waals surface area contributed by atoms with Crippen LogP contribution in [0.3, 0.4) is 0 Å². The van der Waals surface area contributed by atoms with E-state index in [2.05, 4.69) is 5.32 Å². The SMILES string of the molecule is O=C(NCC1CC1)C(=O)C1CCC(=O)N1Cc1ccc(Cl)cc1. The lowest BCUT2D eigenvalue weighted by Gasteiger charge is -2.23. The van der Waals surface area contributed by atoms with Gasteiger partial charge in [0.05, 0.1) is 0 Å². The molecule has 1 aromatic rings. The van der Waals surface area contributed by atoms with Gasteiger partial charge in [0.15, 0.2) is 0 Å². The summed E-state index contributed by atoms with van der Waals surface area (Å²) in [6.07, 6.45) is 2.93. The third kappa shape index (κ3) is 3.91. The van der Waals surface area contributed by atoms with Crippen LogP contribution in [0.5, 0.6) is 0 Å². The number of rotatable bonds is 6. The molecule has 0 bridgehead atoms. The smallest absolute Gasteiger partial charge is 0.289 e. The second kappa shape index (κ2) is 6.71. The number of hydrogen-bond acceptors (Lipinski definition) is 3. The second-order valence-corrected chi connectivity index (χ2v) is 6.66. The van der Waals surface area contributed by atoms with E-state index < -0.39 is 17.7 Å². The fourth-order valence-electron chi connectivity index (χ4n) is 2.79. The topological polar surface area (TPSA) is 66.5 Å². The molecule has 1 unspecified atom stereocenters. The fraction of sp³-hybridized carbons (Fsp3) is 0.471. The van der Waals surface area contributed by atoms with Crippen LogP contribution in [0.2, 0.25) is 5.02 Å². The summed E-state index contributed by atoms with van der Waals surface area (Å²) in [7, 11) is 0. The van der Waals surface area contributed by atoms with Gasteiger partial charge in [0.1, 0.15) is 6.04 Å². The number of benzene rings is 1. The summed E-state index contributed by atoms with van der Waals surface area (Å²) < 4.78 is 0. The highest BCUT2D eigenvalue weighted by molar-refractivity contribution is 6.38. The maximum atomic E-state index is 12.4. The molecule has 122 valence electrons.